The molecule has 0 saturated carbocycles. The van der Waals surface area contributed by atoms with Gasteiger partial charge in [0, 0.05) is 5.54 Å². The van der Waals surface area contributed by atoms with E-state index in [0.717, 1.165) is 0 Å². The van der Waals surface area contributed by atoms with Gasteiger partial charge in [-0.25, -0.2) is 0 Å². The first-order chi connectivity index (χ1) is 8.60. The molecule has 0 bridgehead atoms. The number of benzene rings is 2. The van der Waals surface area contributed by atoms with Gasteiger partial charge >= 0.3 is 0 Å². The number of hydrogen-bond acceptors (Lipinski definition) is 2. The van der Waals surface area contributed by atoms with Gasteiger partial charge in [-0.05, 0) is 44.3 Å². The number of rotatable bonds is 4. The summed E-state index contributed by atoms with van der Waals surface area (Å²) in [6.07, 6.45) is 0. The van der Waals surface area contributed by atoms with Gasteiger partial charge in [0.1, 0.15) is 0 Å². The Morgan fingerprint density at radius 1 is 0.944 bits per heavy atom. The second-order valence-corrected chi connectivity index (χ2v) is 5.26. The Kier molecular flexibility index (Phi) is 3.69. The molecule has 1 atom stereocenters. The van der Waals surface area contributed by atoms with Gasteiger partial charge in [-0.2, -0.15) is 0 Å². The highest BCUT2D eigenvalue weighted by Crippen LogP contribution is 2.30. The average molecular weight is 242 g/mol. The normalized spacial score (nSPS) is 13.8. The molecule has 1 unspecified atom stereocenters. The molecule has 0 aliphatic rings. The van der Waals surface area contributed by atoms with E-state index in [1.54, 1.807) is 0 Å². The molecule has 0 radical (unpaired) electrons. The lowest BCUT2D eigenvalue weighted by atomic mass is 9.86. The van der Waals surface area contributed by atoms with Crippen LogP contribution in [0.5, 0.6) is 0 Å². The molecule has 2 heteroatoms. The molecule has 2 aromatic rings. The summed E-state index contributed by atoms with van der Waals surface area (Å²) in [6, 6.07) is 15.3. The van der Waals surface area contributed by atoms with Gasteiger partial charge in [-0.1, -0.05) is 42.5 Å². The van der Waals surface area contributed by atoms with Crippen molar-refractivity contribution in [3.8, 4) is 0 Å². The van der Waals surface area contributed by atoms with Gasteiger partial charge in [0.25, 0.3) is 0 Å². The molecule has 2 aromatic carbocycles. The maximum atomic E-state index is 3.44. The monoisotopic (exact) mass is 242 g/mol. The molecule has 0 heterocycles. The Hall–Kier alpha value is -1.38. The van der Waals surface area contributed by atoms with Crippen molar-refractivity contribution < 1.29 is 0 Å². The van der Waals surface area contributed by atoms with Crippen molar-refractivity contribution in [1.82, 2.24) is 10.6 Å². The van der Waals surface area contributed by atoms with Crippen LogP contribution in [0, 0.1) is 0 Å². The second-order valence-electron chi connectivity index (χ2n) is 5.26. The van der Waals surface area contributed by atoms with Crippen LogP contribution >= 0.6 is 0 Å². The van der Waals surface area contributed by atoms with Crippen LogP contribution in [-0.4, -0.2) is 19.6 Å². The first-order valence-electron chi connectivity index (χ1n) is 6.44. The lowest BCUT2D eigenvalue weighted by Crippen LogP contribution is -2.47. The molecule has 2 rings (SSSR count). The quantitative estimate of drug-likeness (QED) is 0.861. The van der Waals surface area contributed by atoms with E-state index in [4.69, 9.17) is 0 Å². The lowest BCUT2D eigenvalue weighted by Gasteiger charge is -2.35. The zero-order valence-corrected chi connectivity index (χ0v) is 11.6. The van der Waals surface area contributed by atoms with Crippen molar-refractivity contribution >= 4 is 10.8 Å². The summed E-state index contributed by atoms with van der Waals surface area (Å²) in [6.45, 7) is 4.44. The Bertz CT molecular complexity index is 526. The van der Waals surface area contributed by atoms with Crippen LogP contribution in [0.1, 0.15) is 25.5 Å². The second kappa shape index (κ2) is 5.09. The van der Waals surface area contributed by atoms with Crippen LogP contribution in [0.15, 0.2) is 42.5 Å². The highest BCUT2D eigenvalue weighted by atomic mass is 15.0. The van der Waals surface area contributed by atoms with E-state index < -0.39 is 0 Å². The molecular weight excluding hydrogens is 220 g/mol. The topological polar surface area (TPSA) is 24.1 Å². The number of nitrogens with one attached hydrogen (secondary N) is 2. The minimum absolute atomic E-state index is 0.00112. The van der Waals surface area contributed by atoms with Crippen molar-refractivity contribution in [1.29, 1.82) is 0 Å². The van der Waals surface area contributed by atoms with Crippen molar-refractivity contribution in [2.45, 2.75) is 25.4 Å². The van der Waals surface area contributed by atoms with E-state index in [-0.39, 0.29) is 11.6 Å². The number of fused-ring (bicyclic) bond motifs is 1. The summed E-state index contributed by atoms with van der Waals surface area (Å²) >= 11 is 0. The van der Waals surface area contributed by atoms with Crippen LogP contribution in [0.3, 0.4) is 0 Å². The molecule has 2 nitrogen and oxygen atoms in total. The van der Waals surface area contributed by atoms with Gasteiger partial charge in [0.05, 0.1) is 6.04 Å². The van der Waals surface area contributed by atoms with Crippen molar-refractivity contribution in [3.05, 3.63) is 48.0 Å². The molecule has 0 aromatic heterocycles. The van der Waals surface area contributed by atoms with Gasteiger partial charge in [0.15, 0.2) is 0 Å². The zero-order valence-electron chi connectivity index (χ0n) is 11.6. The maximum Gasteiger partial charge on any atom is 0.0503 e. The molecule has 0 fully saturated rings. The van der Waals surface area contributed by atoms with Gasteiger partial charge in [0.2, 0.25) is 0 Å². The number of hydrogen-bond donors (Lipinski definition) is 2. The molecule has 0 spiro atoms. The molecule has 0 aliphatic carbocycles. The molecule has 2 N–H and O–H groups in total. The SMILES string of the molecule is CNC(c1cccc2ccccc12)C(C)(C)NC. The minimum Gasteiger partial charge on any atom is -0.313 e. The first-order valence-corrected chi connectivity index (χ1v) is 6.44. The Balaban J connectivity index is 2.59. The molecule has 96 valence electrons. The molecule has 0 saturated heterocycles. The summed E-state index contributed by atoms with van der Waals surface area (Å²) in [7, 11) is 4.03. The van der Waals surface area contributed by atoms with Crippen LogP contribution in [0.4, 0.5) is 0 Å². The highest BCUT2D eigenvalue weighted by molar-refractivity contribution is 5.86. The standard InChI is InChI=1S/C16H22N2/c1-16(2,18-4)15(17-3)14-11-7-9-12-8-5-6-10-13(12)14/h5-11,15,17-18H,1-4H3. The van der Waals surface area contributed by atoms with E-state index in [2.05, 4.69) is 66.9 Å². The van der Waals surface area contributed by atoms with Gasteiger partial charge < -0.3 is 10.6 Å². The molecule has 0 aliphatic heterocycles. The van der Waals surface area contributed by atoms with Crippen LogP contribution in [0.2, 0.25) is 0 Å². The predicted molar refractivity (Wildman–Crippen MR) is 78.9 cm³/mol. The Morgan fingerprint density at radius 3 is 2.28 bits per heavy atom. The summed E-state index contributed by atoms with van der Waals surface area (Å²) in [4.78, 5) is 0. The maximum absolute atomic E-state index is 3.44. The largest absolute Gasteiger partial charge is 0.313 e. The Labute approximate surface area is 109 Å². The van der Waals surface area contributed by atoms with Gasteiger partial charge in [-0.3, -0.25) is 0 Å². The Morgan fingerprint density at radius 2 is 1.61 bits per heavy atom. The highest BCUT2D eigenvalue weighted by Gasteiger charge is 2.28. The third-order valence-electron chi connectivity index (χ3n) is 3.79. The van der Waals surface area contributed by atoms with E-state index in [0.29, 0.717) is 0 Å². The summed E-state index contributed by atoms with van der Waals surface area (Å²) < 4.78 is 0. The lowest BCUT2D eigenvalue weighted by molar-refractivity contribution is 0.313. The van der Waals surface area contributed by atoms with E-state index in [1.165, 1.54) is 16.3 Å². The van der Waals surface area contributed by atoms with Gasteiger partial charge in [-0.15, -0.1) is 0 Å². The van der Waals surface area contributed by atoms with E-state index >= 15 is 0 Å². The third kappa shape index (κ3) is 2.26. The third-order valence-corrected chi connectivity index (χ3v) is 3.79. The van der Waals surface area contributed by atoms with Crippen molar-refractivity contribution in [2.24, 2.45) is 0 Å². The fourth-order valence-corrected chi connectivity index (χ4v) is 2.55. The van der Waals surface area contributed by atoms with Crippen LogP contribution in [0.25, 0.3) is 10.8 Å². The van der Waals surface area contributed by atoms with E-state index in [9.17, 15) is 0 Å². The van der Waals surface area contributed by atoms with Crippen LogP contribution < -0.4 is 10.6 Å². The minimum atomic E-state index is -0.00112. The summed E-state index contributed by atoms with van der Waals surface area (Å²) in [5.41, 5.74) is 1.34. The number of likely N-dealkylation sites (N-methyl/N-ethyl adjacent to an activating group) is 2. The van der Waals surface area contributed by atoms with Crippen molar-refractivity contribution in [2.75, 3.05) is 14.1 Å². The summed E-state index contributed by atoms with van der Waals surface area (Å²) in [5, 5.41) is 9.45. The first kappa shape index (κ1) is 13.1. The van der Waals surface area contributed by atoms with E-state index in [1.807, 2.05) is 14.1 Å². The predicted octanol–water partition coefficient (Wildman–Crippen LogP) is 3.10. The van der Waals surface area contributed by atoms with Crippen molar-refractivity contribution in [3.63, 3.8) is 0 Å². The smallest absolute Gasteiger partial charge is 0.0503 e. The van der Waals surface area contributed by atoms with Crippen LogP contribution in [-0.2, 0) is 0 Å². The molecule has 0 amide bonds. The fraction of sp³-hybridized carbons (Fsp3) is 0.375. The zero-order chi connectivity index (χ0) is 13.2. The fourth-order valence-electron chi connectivity index (χ4n) is 2.55. The average Bonchev–Trinajstić information content (AvgIpc) is 2.39. The molecular formula is C16H22N2. The molecule has 18 heavy (non-hydrogen) atoms. The summed E-state index contributed by atoms with van der Waals surface area (Å²) in [5.74, 6) is 0.